The van der Waals surface area contributed by atoms with Gasteiger partial charge in [0, 0.05) is 5.56 Å². The van der Waals surface area contributed by atoms with Gasteiger partial charge < -0.3 is 5.32 Å². The van der Waals surface area contributed by atoms with E-state index in [1.54, 1.807) is 27.8 Å². The van der Waals surface area contributed by atoms with Crippen LogP contribution in [0.3, 0.4) is 0 Å². The first-order valence-electron chi connectivity index (χ1n) is 8.62. The van der Waals surface area contributed by atoms with Crippen molar-refractivity contribution in [2.24, 2.45) is 0 Å². The second kappa shape index (κ2) is 6.51. The first-order valence-corrected chi connectivity index (χ1v) is 10.5. The Morgan fingerprint density at radius 3 is 2.70 bits per heavy atom. The highest BCUT2D eigenvalue weighted by atomic mass is 32.2. The van der Waals surface area contributed by atoms with Gasteiger partial charge in [-0.2, -0.15) is 9.78 Å². The molecule has 2 aromatic carbocycles. The van der Waals surface area contributed by atoms with Gasteiger partial charge in [-0.1, -0.05) is 53.8 Å². The van der Waals surface area contributed by atoms with Gasteiger partial charge in [0.05, 0.1) is 26.9 Å². The van der Waals surface area contributed by atoms with Crippen LogP contribution >= 0.6 is 23.1 Å². The first kappa shape index (κ1) is 16.5. The normalized spacial score (nSPS) is 16.8. The van der Waals surface area contributed by atoms with Gasteiger partial charge in [-0.05, 0) is 24.6 Å². The van der Waals surface area contributed by atoms with Gasteiger partial charge in [0.15, 0.2) is 0 Å². The Labute approximate surface area is 164 Å². The number of aromatic nitrogens is 3. The third kappa shape index (κ3) is 2.83. The third-order valence-corrected chi connectivity index (χ3v) is 6.86. The van der Waals surface area contributed by atoms with Crippen molar-refractivity contribution in [3.05, 3.63) is 71.4 Å². The van der Waals surface area contributed by atoms with Crippen LogP contribution in [0.25, 0.3) is 15.3 Å². The topological polar surface area (TPSA) is 59.8 Å². The van der Waals surface area contributed by atoms with Crippen LogP contribution < -0.4 is 5.32 Å². The minimum atomic E-state index is -0.0121. The van der Waals surface area contributed by atoms with Gasteiger partial charge in [0.2, 0.25) is 11.0 Å². The highest BCUT2D eigenvalue weighted by molar-refractivity contribution is 8.00. The standard InChI is InChI=1S/C20H16N4OS2/c1-12-17-18(13-7-3-2-4-8-13)26-11-16(25)22-19(17)24(23-12)20-21-14-9-5-6-10-15(14)27-20/h2-10,18H,11H2,1H3,(H,22,25)/t18-/m1/s1. The van der Waals surface area contributed by atoms with Crippen LogP contribution in [0.5, 0.6) is 0 Å². The average molecular weight is 393 g/mol. The molecule has 0 unspecified atom stereocenters. The van der Waals surface area contributed by atoms with Crippen LogP contribution in [0.1, 0.15) is 22.1 Å². The minimum Gasteiger partial charge on any atom is -0.310 e. The number of carbonyl (C=O) groups is 1. The van der Waals surface area contributed by atoms with E-state index < -0.39 is 0 Å². The number of nitrogens with zero attached hydrogens (tertiary/aromatic N) is 3. The first-order chi connectivity index (χ1) is 13.2. The molecule has 134 valence electrons. The third-order valence-electron chi connectivity index (χ3n) is 4.57. The fourth-order valence-corrected chi connectivity index (χ4v) is 5.48. The number of aryl methyl sites for hydroxylation is 1. The summed E-state index contributed by atoms with van der Waals surface area (Å²) in [5.41, 5.74) is 4.07. The largest absolute Gasteiger partial charge is 0.310 e. The molecule has 3 heterocycles. The minimum absolute atomic E-state index is 0.0121. The number of hydrogen-bond acceptors (Lipinski definition) is 5. The molecule has 0 saturated carbocycles. The second-order valence-electron chi connectivity index (χ2n) is 6.37. The lowest BCUT2D eigenvalue weighted by Crippen LogP contribution is -2.15. The molecule has 7 heteroatoms. The Bertz CT molecular complexity index is 1120. The van der Waals surface area contributed by atoms with E-state index in [4.69, 9.17) is 10.1 Å². The van der Waals surface area contributed by atoms with E-state index in [-0.39, 0.29) is 11.2 Å². The highest BCUT2D eigenvalue weighted by Gasteiger charge is 2.31. The van der Waals surface area contributed by atoms with E-state index in [1.165, 1.54) is 5.56 Å². The Morgan fingerprint density at radius 1 is 1.11 bits per heavy atom. The molecule has 1 aliphatic rings. The summed E-state index contributed by atoms with van der Waals surface area (Å²) in [7, 11) is 0. The van der Waals surface area contributed by atoms with Gasteiger partial charge in [-0.3, -0.25) is 4.79 Å². The summed E-state index contributed by atoms with van der Waals surface area (Å²) in [6, 6.07) is 18.3. The SMILES string of the molecule is Cc1nn(-c2nc3ccccc3s2)c2c1[C@@H](c1ccccc1)SCC(=O)N2. The van der Waals surface area contributed by atoms with Crippen LogP contribution in [0.2, 0.25) is 0 Å². The van der Waals surface area contributed by atoms with E-state index in [0.717, 1.165) is 32.4 Å². The molecule has 1 N–H and O–H groups in total. The lowest BCUT2D eigenvalue weighted by molar-refractivity contribution is -0.113. The molecule has 0 aliphatic carbocycles. The van der Waals surface area contributed by atoms with E-state index >= 15 is 0 Å². The molecule has 0 bridgehead atoms. The fourth-order valence-electron chi connectivity index (χ4n) is 3.36. The smallest absolute Gasteiger partial charge is 0.235 e. The maximum absolute atomic E-state index is 12.4. The molecule has 0 saturated heterocycles. The molecule has 4 aromatic rings. The van der Waals surface area contributed by atoms with Crippen LogP contribution in [0.4, 0.5) is 5.82 Å². The number of amides is 1. The molecule has 1 atom stereocenters. The van der Waals surface area contributed by atoms with Gasteiger partial charge in [0.1, 0.15) is 5.82 Å². The molecule has 0 radical (unpaired) electrons. The Morgan fingerprint density at radius 2 is 1.89 bits per heavy atom. The predicted octanol–water partition coefficient (Wildman–Crippen LogP) is 4.57. The van der Waals surface area contributed by atoms with Crippen molar-refractivity contribution in [2.45, 2.75) is 12.2 Å². The van der Waals surface area contributed by atoms with Crippen LogP contribution in [0.15, 0.2) is 54.6 Å². The number of hydrogen-bond donors (Lipinski definition) is 1. The van der Waals surface area contributed by atoms with Crippen molar-refractivity contribution in [3.63, 3.8) is 0 Å². The van der Waals surface area contributed by atoms with Crippen LogP contribution in [-0.4, -0.2) is 26.4 Å². The Kier molecular flexibility index (Phi) is 3.98. The van der Waals surface area contributed by atoms with Crippen molar-refractivity contribution >= 4 is 45.0 Å². The van der Waals surface area contributed by atoms with E-state index in [1.807, 2.05) is 49.4 Å². The predicted molar refractivity (Wildman–Crippen MR) is 111 cm³/mol. The van der Waals surface area contributed by atoms with Crippen molar-refractivity contribution in [3.8, 4) is 5.13 Å². The Hall–Kier alpha value is -2.64. The number of carbonyl (C=O) groups excluding carboxylic acids is 1. The quantitative estimate of drug-likeness (QED) is 0.543. The van der Waals surface area contributed by atoms with Gasteiger partial charge in [-0.15, -0.1) is 11.8 Å². The summed E-state index contributed by atoms with van der Waals surface area (Å²) in [6.07, 6.45) is 0. The maximum atomic E-state index is 12.4. The summed E-state index contributed by atoms with van der Waals surface area (Å²) in [5, 5.41) is 8.63. The average Bonchev–Trinajstić information content (AvgIpc) is 3.19. The van der Waals surface area contributed by atoms with Crippen molar-refractivity contribution in [2.75, 3.05) is 11.1 Å². The second-order valence-corrected chi connectivity index (χ2v) is 8.48. The zero-order valence-electron chi connectivity index (χ0n) is 14.5. The van der Waals surface area contributed by atoms with Gasteiger partial charge in [-0.25, -0.2) is 4.98 Å². The van der Waals surface area contributed by atoms with E-state index in [2.05, 4.69) is 17.4 Å². The summed E-state index contributed by atoms with van der Waals surface area (Å²) in [5.74, 6) is 1.13. The molecule has 27 heavy (non-hydrogen) atoms. The molecule has 2 aromatic heterocycles. The number of nitrogens with one attached hydrogen (secondary N) is 1. The molecule has 0 spiro atoms. The summed E-state index contributed by atoms with van der Waals surface area (Å²) >= 11 is 3.21. The fraction of sp³-hybridized carbons (Fsp3) is 0.150. The van der Waals surface area contributed by atoms with Gasteiger partial charge >= 0.3 is 0 Å². The number of rotatable bonds is 2. The number of para-hydroxylation sites is 1. The molecule has 5 nitrogen and oxygen atoms in total. The summed E-state index contributed by atoms with van der Waals surface area (Å²) < 4.78 is 2.89. The monoisotopic (exact) mass is 392 g/mol. The van der Waals surface area contributed by atoms with Gasteiger partial charge in [0.25, 0.3) is 0 Å². The number of fused-ring (bicyclic) bond motifs is 2. The lowest BCUT2D eigenvalue weighted by Gasteiger charge is -2.15. The van der Waals surface area contributed by atoms with Crippen LogP contribution in [0, 0.1) is 6.92 Å². The summed E-state index contributed by atoms with van der Waals surface area (Å²) in [4.78, 5) is 17.1. The number of benzene rings is 2. The highest BCUT2D eigenvalue weighted by Crippen LogP contribution is 2.44. The van der Waals surface area contributed by atoms with Crippen LogP contribution in [-0.2, 0) is 4.79 Å². The van der Waals surface area contributed by atoms with Crippen molar-refractivity contribution in [1.29, 1.82) is 0 Å². The summed E-state index contributed by atoms with van der Waals surface area (Å²) in [6.45, 7) is 2.00. The Balaban J connectivity index is 1.70. The number of anilines is 1. The molecular weight excluding hydrogens is 376 g/mol. The molecular formula is C20H16N4OS2. The maximum Gasteiger partial charge on any atom is 0.235 e. The molecule has 1 amide bonds. The zero-order valence-corrected chi connectivity index (χ0v) is 16.2. The van der Waals surface area contributed by atoms with E-state index in [0.29, 0.717) is 5.75 Å². The number of thiazole rings is 1. The zero-order chi connectivity index (χ0) is 18.4. The van der Waals surface area contributed by atoms with E-state index in [9.17, 15) is 4.79 Å². The molecule has 5 rings (SSSR count). The lowest BCUT2D eigenvalue weighted by atomic mass is 10.0. The molecule has 0 fully saturated rings. The number of thioether (sulfide) groups is 1. The van der Waals surface area contributed by atoms with Crippen molar-refractivity contribution < 1.29 is 4.79 Å². The molecule has 1 aliphatic heterocycles. The van der Waals surface area contributed by atoms with Crippen molar-refractivity contribution in [1.82, 2.24) is 14.8 Å².